The van der Waals surface area contributed by atoms with Gasteiger partial charge in [0.05, 0.1) is 0 Å². The highest BCUT2D eigenvalue weighted by atomic mass is 16.2. The molecule has 2 fully saturated rings. The van der Waals surface area contributed by atoms with Gasteiger partial charge in [-0.3, -0.25) is 9.69 Å². The van der Waals surface area contributed by atoms with Crippen LogP contribution < -0.4 is 0 Å². The summed E-state index contributed by atoms with van der Waals surface area (Å²) in [5.41, 5.74) is 6.13. The predicted octanol–water partition coefficient (Wildman–Crippen LogP) is 5.82. The van der Waals surface area contributed by atoms with Gasteiger partial charge in [0, 0.05) is 43.7 Å². The molecule has 1 saturated carbocycles. The highest BCUT2D eigenvalue weighted by Gasteiger charge is 2.40. The molecular formula is C30H34N2O. The smallest absolute Gasteiger partial charge is 0.254 e. The van der Waals surface area contributed by atoms with Gasteiger partial charge in [0.15, 0.2) is 0 Å². The van der Waals surface area contributed by atoms with Crippen LogP contribution in [0.1, 0.15) is 51.4 Å². The van der Waals surface area contributed by atoms with E-state index in [9.17, 15) is 4.79 Å². The van der Waals surface area contributed by atoms with Crippen molar-refractivity contribution in [2.75, 3.05) is 19.6 Å². The van der Waals surface area contributed by atoms with Crippen LogP contribution in [0.3, 0.4) is 0 Å². The van der Waals surface area contributed by atoms with Crippen molar-refractivity contribution in [3.8, 4) is 0 Å². The van der Waals surface area contributed by atoms with Gasteiger partial charge in [0.25, 0.3) is 5.91 Å². The van der Waals surface area contributed by atoms with Crippen LogP contribution >= 0.6 is 0 Å². The second kappa shape index (κ2) is 9.52. The Hall–Kier alpha value is -2.91. The number of rotatable bonds is 7. The summed E-state index contributed by atoms with van der Waals surface area (Å²) < 4.78 is 0. The number of benzene rings is 3. The molecule has 33 heavy (non-hydrogen) atoms. The standard InChI is InChI=1S/C30H34N2O/c1-22-9-8-13-25(17-22)30(33)32(27-15-16-27)20-26-19-31(18-24-11-4-3-5-12-24)21-29(26)28-14-7-6-10-23(28)2/h3-14,17,26-27,29H,15-16,18-21H2,1-2H3. The normalized spacial score (nSPS) is 20.7. The van der Waals surface area contributed by atoms with E-state index in [2.05, 4.69) is 84.3 Å². The lowest BCUT2D eigenvalue weighted by Gasteiger charge is -2.29. The zero-order valence-electron chi connectivity index (χ0n) is 19.8. The largest absolute Gasteiger partial charge is 0.335 e. The zero-order chi connectivity index (χ0) is 22.8. The van der Waals surface area contributed by atoms with Crippen LogP contribution in [0.5, 0.6) is 0 Å². The van der Waals surface area contributed by atoms with E-state index < -0.39 is 0 Å². The Bertz CT molecular complexity index is 1110. The topological polar surface area (TPSA) is 23.6 Å². The summed E-state index contributed by atoms with van der Waals surface area (Å²) in [6.45, 7) is 8.16. The first-order valence-electron chi connectivity index (χ1n) is 12.3. The van der Waals surface area contributed by atoms with Crippen molar-refractivity contribution in [3.63, 3.8) is 0 Å². The van der Waals surface area contributed by atoms with Crippen molar-refractivity contribution in [1.82, 2.24) is 9.80 Å². The van der Waals surface area contributed by atoms with Gasteiger partial charge < -0.3 is 4.90 Å². The lowest BCUT2D eigenvalue weighted by molar-refractivity contribution is 0.0710. The predicted molar refractivity (Wildman–Crippen MR) is 134 cm³/mol. The van der Waals surface area contributed by atoms with Gasteiger partial charge in [-0.1, -0.05) is 72.3 Å². The first-order chi connectivity index (χ1) is 16.1. The minimum absolute atomic E-state index is 0.200. The van der Waals surface area contributed by atoms with Crippen LogP contribution in [0.4, 0.5) is 0 Å². The third-order valence-electron chi connectivity index (χ3n) is 7.30. The fourth-order valence-electron chi connectivity index (χ4n) is 5.45. The molecule has 0 spiro atoms. The van der Waals surface area contributed by atoms with Crippen LogP contribution in [0, 0.1) is 19.8 Å². The van der Waals surface area contributed by atoms with E-state index in [4.69, 9.17) is 0 Å². The minimum atomic E-state index is 0.200. The number of likely N-dealkylation sites (tertiary alicyclic amines) is 1. The average molecular weight is 439 g/mol. The quantitative estimate of drug-likeness (QED) is 0.464. The molecule has 5 rings (SSSR count). The van der Waals surface area contributed by atoms with Gasteiger partial charge in [0.2, 0.25) is 0 Å². The van der Waals surface area contributed by atoms with Crippen molar-refractivity contribution in [2.45, 2.75) is 45.2 Å². The fourth-order valence-corrected chi connectivity index (χ4v) is 5.45. The Balaban J connectivity index is 1.40. The number of carbonyl (C=O) groups excluding carboxylic acids is 1. The van der Waals surface area contributed by atoms with Crippen molar-refractivity contribution in [1.29, 1.82) is 0 Å². The molecule has 1 aliphatic heterocycles. The Morgan fingerprint density at radius 3 is 2.39 bits per heavy atom. The van der Waals surface area contributed by atoms with E-state index in [0.29, 0.717) is 17.9 Å². The number of hydrogen-bond acceptors (Lipinski definition) is 2. The molecule has 0 aromatic heterocycles. The molecule has 3 nitrogen and oxygen atoms in total. The molecule has 1 saturated heterocycles. The number of aryl methyl sites for hydroxylation is 2. The van der Waals surface area contributed by atoms with Crippen molar-refractivity contribution >= 4 is 5.91 Å². The monoisotopic (exact) mass is 438 g/mol. The summed E-state index contributed by atoms with van der Waals surface area (Å²) in [4.78, 5) is 18.3. The molecule has 170 valence electrons. The lowest BCUT2D eigenvalue weighted by Crippen LogP contribution is -2.39. The average Bonchev–Trinajstić information content (AvgIpc) is 3.59. The van der Waals surface area contributed by atoms with Crippen LogP contribution in [-0.4, -0.2) is 41.4 Å². The molecule has 0 bridgehead atoms. The van der Waals surface area contributed by atoms with E-state index in [1.165, 1.54) is 16.7 Å². The molecule has 1 heterocycles. The molecule has 3 aromatic rings. The summed E-state index contributed by atoms with van der Waals surface area (Å²) >= 11 is 0. The Kier molecular flexibility index (Phi) is 6.32. The number of carbonyl (C=O) groups is 1. The summed E-state index contributed by atoms with van der Waals surface area (Å²) in [7, 11) is 0. The molecular weight excluding hydrogens is 404 g/mol. The molecule has 3 aromatic carbocycles. The molecule has 0 radical (unpaired) electrons. The Labute approximate surface area is 198 Å². The van der Waals surface area contributed by atoms with Crippen LogP contribution in [0.25, 0.3) is 0 Å². The third kappa shape index (κ3) is 5.04. The first-order valence-corrected chi connectivity index (χ1v) is 12.3. The maximum absolute atomic E-state index is 13.6. The van der Waals surface area contributed by atoms with Crippen LogP contribution in [0.15, 0.2) is 78.9 Å². The highest BCUT2D eigenvalue weighted by molar-refractivity contribution is 5.94. The van der Waals surface area contributed by atoms with E-state index in [1.54, 1.807) is 0 Å². The SMILES string of the molecule is Cc1cccc(C(=O)N(CC2CN(Cc3ccccc3)CC2c2ccccc2C)C2CC2)c1. The van der Waals surface area contributed by atoms with Crippen molar-refractivity contribution < 1.29 is 4.79 Å². The molecule has 2 atom stereocenters. The van der Waals surface area contributed by atoms with Gasteiger partial charge in [-0.25, -0.2) is 0 Å². The molecule has 3 heteroatoms. The summed E-state index contributed by atoms with van der Waals surface area (Å²) in [6, 6.07) is 28.0. The minimum Gasteiger partial charge on any atom is -0.335 e. The van der Waals surface area contributed by atoms with Gasteiger partial charge in [-0.2, -0.15) is 0 Å². The van der Waals surface area contributed by atoms with Gasteiger partial charge in [0.1, 0.15) is 0 Å². The molecule has 2 aliphatic rings. The molecule has 0 N–H and O–H groups in total. The number of amides is 1. The summed E-state index contributed by atoms with van der Waals surface area (Å²) in [6.07, 6.45) is 2.26. The first kappa shape index (κ1) is 21.9. The zero-order valence-corrected chi connectivity index (χ0v) is 19.8. The molecule has 1 amide bonds. The second-order valence-corrected chi connectivity index (χ2v) is 9.96. The maximum Gasteiger partial charge on any atom is 0.254 e. The van der Waals surface area contributed by atoms with Crippen molar-refractivity contribution in [2.24, 2.45) is 5.92 Å². The Morgan fingerprint density at radius 1 is 0.909 bits per heavy atom. The lowest BCUT2D eigenvalue weighted by atomic mass is 9.86. The van der Waals surface area contributed by atoms with E-state index in [1.807, 2.05) is 18.2 Å². The molecule has 1 aliphatic carbocycles. The number of hydrogen-bond donors (Lipinski definition) is 0. The van der Waals surface area contributed by atoms with Crippen LogP contribution in [-0.2, 0) is 6.54 Å². The molecule has 2 unspecified atom stereocenters. The number of nitrogens with zero attached hydrogens (tertiary/aromatic N) is 2. The van der Waals surface area contributed by atoms with Gasteiger partial charge in [-0.15, -0.1) is 0 Å². The fraction of sp³-hybridized carbons (Fsp3) is 0.367. The Morgan fingerprint density at radius 2 is 1.67 bits per heavy atom. The van der Waals surface area contributed by atoms with E-state index in [-0.39, 0.29) is 5.91 Å². The van der Waals surface area contributed by atoms with Crippen molar-refractivity contribution in [3.05, 3.63) is 107 Å². The maximum atomic E-state index is 13.6. The highest BCUT2D eigenvalue weighted by Crippen LogP contribution is 2.38. The van der Waals surface area contributed by atoms with E-state index >= 15 is 0 Å². The third-order valence-corrected chi connectivity index (χ3v) is 7.30. The van der Waals surface area contributed by atoms with Gasteiger partial charge in [-0.05, 0) is 61.4 Å². The second-order valence-electron chi connectivity index (χ2n) is 9.96. The van der Waals surface area contributed by atoms with E-state index in [0.717, 1.165) is 50.1 Å². The van der Waals surface area contributed by atoms with Crippen LogP contribution in [0.2, 0.25) is 0 Å². The van der Waals surface area contributed by atoms with Gasteiger partial charge >= 0.3 is 0 Å². The summed E-state index contributed by atoms with van der Waals surface area (Å²) in [5, 5.41) is 0. The summed E-state index contributed by atoms with van der Waals surface area (Å²) in [5.74, 6) is 1.08.